The Morgan fingerprint density at radius 1 is 0.941 bits per heavy atom. The average Bonchev–Trinajstić information content (AvgIpc) is 2.15. The van der Waals surface area contributed by atoms with Crippen LogP contribution in [0.3, 0.4) is 0 Å². The third-order valence-corrected chi connectivity index (χ3v) is 2.49. The van der Waals surface area contributed by atoms with Gasteiger partial charge >= 0.3 is 5.97 Å². The van der Waals surface area contributed by atoms with Crippen LogP contribution in [-0.2, 0) is 4.79 Å². The van der Waals surface area contributed by atoms with Gasteiger partial charge in [-0.3, -0.25) is 0 Å². The summed E-state index contributed by atoms with van der Waals surface area (Å²) in [4.78, 5) is 10.4. The van der Waals surface area contributed by atoms with Gasteiger partial charge in [-0.15, -0.1) is 0 Å². The number of aliphatic carboxylic acids is 1. The zero-order chi connectivity index (χ0) is 13.3. The summed E-state index contributed by atoms with van der Waals surface area (Å²) in [5.41, 5.74) is 3.66. The van der Waals surface area contributed by atoms with Gasteiger partial charge in [0.2, 0.25) is 0 Å². The van der Waals surface area contributed by atoms with Crippen LogP contribution in [0.4, 0.5) is 0 Å². The lowest BCUT2D eigenvalue weighted by Gasteiger charge is -2.00. The number of hydrogen-bond donors (Lipinski definition) is 1. The van der Waals surface area contributed by atoms with Gasteiger partial charge in [-0.05, 0) is 53.4 Å². The molecule has 0 saturated heterocycles. The van der Waals surface area contributed by atoms with Crippen LogP contribution in [-0.4, -0.2) is 11.1 Å². The minimum Gasteiger partial charge on any atom is -0.478 e. The lowest BCUT2D eigenvalue weighted by Crippen LogP contribution is -1.89. The molecule has 0 aromatic rings. The van der Waals surface area contributed by atoms with Crippen molar-refractivity contribution in [3.05, 3.63) is 34.9 Å². The third-order valence-electron chi connectivity index (χ3n) is 2.49. The fraction of sp³-hybridized carbons (Fsp3) is 0.533. The Kier molecular flexibility index (Phi) is 8.12. The first-order valence-corrected chi connectivity index (χ1v) is 6.11. The number of carbonyl (C=O) groups is 1. The number of rotatable bonds is 7. The van der Waals surface area contributed by atoms with Crippen LogP contribution in [0.1, 0.15) is 53.4 Å². The van der Waals surface area contributed by atoms with E-state index in [1.54, 1.807) is 0 Å². The maximum absolute atomic E-state index is 10.4. The van der Waals surface area contributed by atoms with E-state index in [9.17, 15) is 4.79 Å². The number of carboxylic acid groups (broad SMARTS) is 1. The highest BCUT2D eigenvalue weighted by molar-refractivity contribution is 5.80. The van der Waals surface area contributed by atoms with Crippen molar-refractivity contribution in [1.82, 2.24) is 0 Å². The Morgan fingerprint density at radius 3 is 2.00 bits per heavy atom. The normalized spacial score (nSPS) is 12.5. The molecular formula is C15H24O2. The van der Waals surface area contributed by atoms with E-state index in [2.05, 4.69) is 32.9 Å². The Balaban J connectivity index is 3.92. The zero-order valence-electron chi connectivity index (χ0n) is 11.4. The Morgan fingerprint density at radius 2 is 1.47 bits per heavy atom. The van der Waals surface area contributed by atoms with E-state index >= 15 is 0 Å². The molecule has 0 fully saturated rings. The summed E-state index contributed by atoms with van der Waals surface area (Å²) in [6, 6.07) is 0. The van der Waals surface area contributed by atoms with Gasteiger partial charge in [-0.2, -0.15) is 0 Å². The highest BCUT2D eigenvalue weighted by atomic mass is 16.4. The first-order valence-electron chi connectivity index (χ1n) is 6.11. The first kappa shape index (κ1) is 15.7. The van der Waals surface area contributed by atoms with Crippen LogP contribution in [0.15, 0.2) is 34.9 Å². The molecule has 0 heterocycles. The van der Waals surface area contributed by atoms with Crippen LogP contribution in [0.2, 0.25) is 0 Å². The molecule has 0 atom stereocenters. The molecular weight excluding hydrogens is 212 g/mol. The number of carboxylic acids is 1. The quantitative estimate of drug-likeness (QED) is 0.522. The second kappa shape index (κ2) is 8.80. The van der Waals surface area contributed by atoms with E-state index < -0.39 is 5.97 Å². The molecule has 0 saturated carbocycles. The molecule has 0 aliphatic rings. The molecule has 0 radical (unpaired) electrons. The molecule has 96 valence electrons. The summed E-state index contributed by atoms with van der Waals surface area (Å²) in [5.74, 6) is -0.855. The van der Waals surface area contributed by atoms with Gasteiger partial charge in [0.05, 0.1) is 0 Å². The summed E-state index contributed by atoms with van der Waals surface area (Å²) < 4.78 is 0. The van der Waals surface area contributed by atoms with Crippen LogP contribution < -0.4 is 0 Å². The second-order valence-electron chi connectivity index (χ2n) is 4.74. The maximum Gasteiger partial charge on any atom is 0.328 e. The fourth-order valence-corrected chi connectivity index (χ4v) is 1.52. The molecule has 2 heteroatoms. The van der Waals surface area contributed by atoms with Crippen LogP contribution in [0.25, 0.3) is 0 Å². The van der Waals surface area contributed by atoms with Crippen molar-refractivity contribution in [2.24, 2.45) is 0 Å². The van der Waals surface area contributed by atoms with E-state index in [0.29, 0.717) is 0 Å². The van der Waals surface area contributed by atoms with Gasteiger partial charge < -0.3 is 5.11 Å². The molecule has 0 amide bonds. The van der Waals surface area contributed by atoms with Crippen LogP contribution in [0, 0.1) is 0 Å². The van der Waals surface area contributed by atoms with E-state index in [4.69, 9.17) is 5.11 Å². The van der Waals surface area contributed by atoms with E-state index in [1.165, 1.54) is 17.2 Å². The van der Waals surface area contributed by atoms with Gasteiger partial charge in [0.15, 0.2) is 0 Å². The lowest BCUT2D eigenvalue weighted by molar-refractivity contribution is -0.131. The fourth-order valence-electron chi connectivity index (χ4n) is 1.52. The maximum atomic E-state index is 10.4. The Hall–Kier alpha value is -1.31. The molecule has 0 rings (SSSR count). The van der Waals surface area contributed by atoms with Gasteiger partial charge in [-0.25, -0.2) is 4.79 Å². The minimum absolute atomic E-state index is 0.826. The van der Waals surface area contributed by atoms with Gasteiger partial charge in [-0.1, -0.05) is 28.9 Å². The summed E-state index contributed by atoms with van der Waals surface area (Å²) in [7, 11) is 0. The monoisotopic (exact) mass is 236 g/mol. The van der Waals surface area contributed by atoms with Crippen LogP contribution >= 0.6 is 0 Å². The average molecular weight is 236 g/mol. The van der Waals surface area contributed by atoms with Crippen molar-refractivity contribution < 1.29 is 9.90 Å². The van der Waals surface area contributed by atoms with Crippen molar-refractivity contribution >= 4 is 5.97 Å². The molecule has 0 aromatic heterocycles. The summed E-state index contributed by atoms with van der Waals surface area (Å²) in [6.45, 7) is 8.22. The van der Waals surface area contributed by atoms with Crippen molar-refractivity contribution in [2.75, 3.05) is 0 Å². The molecule has 1 N–H and O–H groups in total. The van der Waals surface area contributed by atoms with E-state index in [0.717, 1.165) is 31.3 Å². The predicted octanol–water partition coefficient (Wildman–Crippen LogP) is 4.49. The van der Waals surface area contributed by atoms with E-state index in [1.807, 2.05) is 6.92 Å². The SMILES string of the molecule is CC(C)=CCC/C(C)=C\CC/C(C)=C/C(=O)O. The standard InChI is InChI=1S/C15H24O2/c1-12(2)7-5-8-13(3)9-6-10-14(4)11-15(16)17/h7,9,11H,5-6,8,10H2,1-4H3,(H,16,17)/b13-9-,14-11+. The highest BCUT2D eigenvalue weighted by Gasteiger charge is 1.94. The molecule has 17 heavy (non-hydrogen) atoms. The van der Waals surface area contributed by atoms with Gasteiger partial charge in [0.25, 0.3) is 0 Å². The van der Waals surface area contributed by atoms with Gasteiger partial charge in [0, 0.05) is 6.08 Å². The smallest absolute Gasteiger partial charge is 0.328 e. The molecule has 0 aliphatic heterocycles. The van der Waals surface area contributed by atoms with Crippen molar-refractivity contribution in [3.63, 3.8) is 0 Å². The van der Waals surface area contributed by atoms with Crippen LogP contribution in [0.5, 0.6) is 0 Å². The second-order valence-corrected chi connectivity index (χ2v) is 4.74. The zero-order valence-corrected chi connectivity index (χ0v) is 11.4. The molecule has 0 spiro atoms. The molecule has 0 aromatic carbocycles. The van der Waals surface area contributed by atoms with Gasteiger partial charge in [0.1, 0.15) is 0 Å². The first-order chi connectivity index (χ1) is 7.91. The molecule has 0 unspecified atom stereocenters. The third kappa shape index (κ3) is 11.0. The number of hydrogen-bond acceptors (Lipinski definition) is 1. The number of allylic oxidation sites excluding steroid dienone is 5. The molecule has 2 nitrogen and oxygen atoms in total. The largest absolute Gasteiger partial charge is 0.478 e. The van der Waals surface area contributed by atoms with Crippen molar-refractivity contribution in [2.45, 2.75) is 53.4 Å². The van der Waals surface area contributed by atoms with Crippen molar-refractivity contribution in [3.8, 4) is 0 Å². The molecule has 0 bridgehead atoms. The highest BCUT2D eigenvalue weighted by Crippen LogP contribution is 2.11. The summed E-state index contributed by atoms with van der Waals surface area (Å²) in [5, 5.41) is 8.56. The Bertz CT molecular complexity index is 329. The topological polar surface area (TPSA) is 37.3 Å². The van der Waals surface area contributed by atoms with E-state index in [-0.39, 0.29) is 0 Å². The summed E-state index contributed by atoms with van der Waals surface area (Å²) >= 11 is 0. The predicted molar refractivity (Wildman–Crippen MR) is 73.0 cm³/mol. The van der Waals surface area contributed by atoms with Crippen molar-refractivity contribution in [1.29, 1.82) is 0 Å². The lowest BCUT2D eigenvalue weighted by atomic mass is 10.1. The minimum atomic E-state index is -0.855. The molecule has 0 aliphatic carbocycles. The Labute approximate surface area is 105 Å². The summed E-state index contributed by atoms with van der Waals surface area (Å²) in [6.07, 6.45) is 9.67.